The van der Waals surface area contributed by atoms with Crippen LogP contribution in [0.25, 0.3) is 6.08 Å². The molecule has 2 rings (SSSR count). The minimum Gasteiger partial charge on any atom is -0.462 e. The van der Waals surface area contributed by atoms with Crippen LogP contribution in [0.1, 0.15) is 32.3 Å². The molecule has 0 aromatic heterocycles. The summed E-state index contributed by atoms with van der Waals surface area (Å²) in [4.78, 5) is 13.9. The Bertz CT molecular complexity index is 723. The number of nitrogens with zero attached hydrogens (tertiary/aromatic N) is 2. The van der Waals surface area contributed by atoms with Crippen LogP contribution in [0.5, 0.6) is 0 Å². The molecule has 0 saturated heterocycles. The summed E-state index contributed by atoms with van der Waals surface area (Å²) in [6, 6.07) is 10.1. The normalized spacial score (nSPS) is 15.1. The van der Waals surface area contributed by atoms with Crippen LogP contribution in [-0.2, 0) is 9.53 Å². The van der Waals surface area contributed by atoms with E-state index in [0.29, 0.717) is 0 Å². The largest absolute Gasteiger partial charge is 0.462 e. The maximum Gasteiger partial charge on any atom is 0.348 e. The van der Waals surface area contributed by atoms with E-state index >= 15 is 0 Å². The van der Waals surface area contributed by atoms with E-state index < -0.39 is 5.97 Å². The van der Waals surface area contributed by atoms with Crippen LogP contribution < -0.4 is 4.90 Å². The van der Waals surface area contributed by atoms with Crippen molar-refractivity contribution in [3.8, 4) is 6.07 Å². The molecule has 0 aliphatic carbocycles. The molecule has 0 spiro atoms. The van der Waals surface area contributed by atoms with Crippen LogP contribution in [0.2, 0.25) is 0 Å². The Hall–Kier alpha value is -2.80. The molecule has 0 N–H and O–H groups in total. The van der Waals surface area contributed by atoms with E-state index in [0.717, 1.165) is 30.8 Å². The molecule has 1 heterocycles. The SMILES string of the molecule is CCCCN1C(=CC=C(C#N)C(=O)OCC)C=Cc2ccccc21. The van der Waals surface area contributed by atoms with Gasteiger partial charge in [0.25, 0.3) is 0 Å². The van der Waals surface area contributed by atoms with E-state index in [-0.39, 0.29) is 12.2 Å². The van der Waals surface area contributed by atoms with E-state index in [9.17, 15) is 4.79 Å². The number of anilines is 1. The fourth-order valence-electron chi connectivity index (χ4n) is 2.52. The van der Waals surface area contributed by atoms with Crippen LogP contribution in [0.15, 0.2) is 53.8 Å². The zero-order chi connectivity index (χ0) is 17.4. The monoisotopic (exact) mass is 322 g/mol. The van der Waals surface area contributed by atoms with E-state index in [4.69, 9.17) is 10.00 Å². The van der Waals surface area contributed by atoms with Crippen molar-refractivity contribution in [1.82, 2.24) is 0 Å². The molecule has 0 bridgehead atoms. The molecule has 1 aromatic rings. The maximum atomic E-state index is 11.7. The zero-order valence-corrected chi connectivity index (χ0v) is 14.2. The van der Waals surface area contributed by atoms with Crippen molar-refractivity contribution in [3.05, 3.63) is 59.3 Å². The molecule has 0 unspecified atom stereocenters. The van der Waals surface area contributed by atoms with Gasteiger partial charge < -0.3 is 9.64 Å². The van der Waals surface area contributed by atoms with Crippen molar-refractivity contribution in [2.45, 2.75) is 26.7 Å². The molecule has 124 valence electrons. The predicted molar refractivity (Wildman–Crippen MR) is 96.1 cm³/mol. The second-order valence-electron chi connectivity index (χ2n) is 5.40. The first-order valence-corrected chi connectivity index (χ1v) is 8.25. The minimum absolute atomic E-state index is 0.00653. The van der Waals surface area contributed by atoms with Gasteiger partial charge in [-0.25, -0.2) is 4.79 Å². The lowest BCUT2D eigenvalue weighted by Crippen LogP contribution is -2.25. The molecular weight excluding hydrogens is 300 g/mol. The number of rotatable bonds is 6. The van der Waals surface area contributed by atoms with Gasteiger partial charge in [0.2, 0.25) is 0 Å². The van der Waals surface area contributed by atoms with Crippen molar-refractivity contribution >= 4 is 17.7 Å². The average molecular weight is 322 g/mol. The van der Waals surface area contributed by atoms with Crippen LogP contribution in [-0.4, -0.2) is 19.1 Å². The first kappa shape index (κ1) is 17.6. The highest BCUT2D eigenvalue weighted by Crippen LogP contribution is 2.31. The third kappa shape index (κ3) is 4.14. The highest BCUT2D eigenvalue weighted by molar-refractivity contribution is 5.93. The number of hydrogen-bond acceptors (Lipinski definition) is 4. The maximum absolute atomic E-state index is 11.7. The summed E-state index contributed by atoms with van der Waals surface area (Å²) in [5, 5.41) is 9.14. The highest BCUT2D eigenvalue weighted by Gasteiger charge is 2.16. The number of hydrogen-bond donors (Lipinski definition) is 0. The number of nitriles is 1. The molecule has 1 aliphatic heterocycles. The molecule has 0 atom stereocenters. The second kappa shape index (κ2) is 8.73. The van der Waals surface area contributed by atoms with Crippen LogP contribution in [0.3, 0.4) is 0 Å². The molecule has 0 radical (unpaired) electrons. The molecule has 0 saturated carbocycles. The van der Waals surface area contributed by atoms with Gasteiger partial charge in [0.1, 0.15) is 11.6 Å². The lowest BCUT2D eigenvalue weighted by molar-refractivity contribution is -0.138. The third-order valence-electron chi connectivity index (χ3n) is 3.74. The smallest absolute Gasteiger partial charge is 0.348 e. The Balaban J connectivity index is 2.34. The van der Waals surface area contributed by atoms with Crippen LogP contribution in [0, 0.1) is 11.3 Å². The molecule has 4 heteroatoms. The quantitative estimate of drug-likeness (QED) is 0.447. The number of carbonyl (C=O) groups is 1. The molecule has 0 fully saturated rings. The van der Waals surface area contributed by atoms with E-state index in [2.05, 4.69) is 24.0 Å². The molecule has 0 amide bonds. The van der Waals surface area contributed by atoms with Gasteiger partial charge in [0.05, 0.1) is 6.61 Å². The Morgan fingerprint density at radius 3 is 2.79 bits per heavy atom. The number of para-hydroxylation sites is 1. The van der Waals surface area contributed by atoms with Gasteiger partial charge in [-0.1, -0.05) is 37.6 Å². The number of esters is 1. The Morgan fingerprint density at radius 2 is 2.08 bits per heavy atom. The summed E-state index contributed by atoms with van der Waals surface area (Å²) >= 11 is 0. The Labute approximate surface area is 143 Å². The summed E-state index contributed by atoms with van der Waals surface area (Å²) in [6.07, 6.45) is 9.55. The van der Waals surface area contributed by atoms with Gasteiger partial charge >= 0.3 is 5.97 Å². The number of fused-ring (bicyclic) bond motifs is 1. The fraction of sp³-hybridized carbons (Fsp3) is 0.300. The molecule has 24 heavy (non-hydrogen) atoms. The average Bonchev–Trinajstić information content (AvgIpc) is 2.61. The Kier molecular flexibility index (Phi) is 6.39. The van der Waals surface area contributed by atoms with Crippen molar-refractivity contribution in [1.29, 1.82) is 5.26 Å². The number of benzene rings is 1. The van der Waals surface area contributed by atoms with E-state index in [1.165, 1.54) is 11.6 Å². The van der Waals surface area contributed by atoms with Crippen molar-refractivity contribution < 1.29 is 9.53 Å². The number of unbranched alkanes of at least 4 members (excludes halogenated alkanes) is 1. The van der Waals surface area contributed by atoms with Gasteiger partial charge in [0, 0.05) is 17.9 Å². The fourth-order valence-corrected chi connectivity index (χ4v) is 2.52. The molecule has 4 nitrogen and oxygen atoms in total. The standard InChI is InChI=1S/C20H22N2O2/c1-3-5-14-22-18(12-10-16-8-6-7-9-19(16)22)13-11-17(15-21)20(23)24-4-2/h6-13H,3-5,14H2,1-2H3. The van der Waals surface area contributed by atoms with Gasteiger partial charge in [0.15, 0.2) is 0 Å². The number of carbonyl (C=O) groups excluding carboxylic acids is 1. The van der Waals surface area contributed by atoms with Gasteiger partial charge in [-0.3, -0.25) is 0 Å². The summed E-state index contributed by atoms with van der Waals surface area (Å²) in [5.41, 5.74) is 3.27. The molecular formula is C20H22N2O2. The molecule has 1 aromatic carbocycles. The Morgan fingerprint density at radius 1 is 1.29 bits per heavy atom. The molecule has 1 aliphatic rings. The first-order chi connectivity index (χ1) is 11.7. The summed E-state index contributed by atoms with van der Waals surface area (Å²) in [5.74, 6) is -0.586. The van der Waals surface area contributed by atoms with Crippen LogP contribution >= 0.6 is 0 Å². The zero-order valence-electron chi connectivity index (χ0n) is 14.2. The predicted octanol–water partition coefficient (Wildman–Crippen LogP) is 4.22. The summed E-state index contributed by atoms with van der Waals surface area (Å²) in [7, 11) is 0. The summed E-state index contributed by atoms with van der Waals surface area (Å²) in [6.45, 7) is 5.02. The van der Waals surface area contributed by atoms with Crippen molar-refractivity contribution in [3.63, 3.8) is 0 Å². The minimum atomic E-state index is -0.586. The van der Waals surface area contributed by atoms with E-state index in [1.807, 2.05) is 30.4 Å². The second-order valence-corrected chi connectivity index (χ2v) is 5.40. The number of allylic oxidation sites excluding steroid dienone is 3. The lowest BCUT2D eigenvalue weighted by atomic mass is 10.0. The topological polar surface area (TPSA) is 53.3 Å². The van der Waals surface area contributed by atoms with Gasteiger partial charge in [-0.2, -0.15) is 5.26 Å². The lowest BCUT2D eigenvalue weighted by Gasteiger charge is -2.30. The number of ether oxygens (including phenoxy) is 1. The van der Waals surface area contributed by atoms with Gasteiger partial charge in [-0.05, 0) is 43.2 Å². The van der Waals surface area contributed by atoms with Crippen molar-refractivity contribution in [2.24, 2.45) is 0 Å². The van der Waals surface area contributed by atoms with Crippen molar-refractivity contribution in [2.75, 3.05) is 18.1 Å². The first-order valence-electron chi connectivity index (χ1n) is 8.25. The summed E-state index contributed by atoms with van der Waals surface area (Å²) < 4.78 is 4.89. The van der Waals surface area contributed by atoms with E-state index in [1.54, 1.807) is 13.0 Å². The van der Waals surface area contributed by atoms with Gasteiger partial charge in [-0.15, -0.1) is 0 Å². The third-order valence-corrected chi connectivity index (χ3v) is 3.74. The highest BCUT2D eigenvalue weighted by atomic mass is 16.5. The van der Waals surface area contributed by atoms with Crippen LogP contribution in [0.4, 0.5) is 5.69 Å².